The van der Waals surface area contributed by atoms with Crippen LogP contribution in [-0.2, 0) is 11.3 Å². The lowest BCUT2D eigenvalue weighted by atomic mass is 10.1. The summed E-state index contributed by atoms with van der Waals surface area (Å²) in [6.45, 7) is 0.998. The van der Waals surface area contributed by atoms with Gasteiger partial charge >= 0.3 is 0 Å². The standard InChI is InChI=1S/C19H20FNO4/c20-15-5-1-3-13(9-15)11-25-16-6-2-4-14(10-16)19(23)21-17-12-24-8-7-18(17)22/h1-6,9-10,17-18,22H,7-8,11-12H2,(H,21,23)/t17-,18-/m1/s1. The molecule has 2 N–H and O–H groups in total. The highest BCUT2D eigenvalue weighted by molar-refractivity contribution is 5.94. The zero-order chi connectivity index (χ0) is 17.6. The molecule has 0 radical (unpaired) electrons. The molecular formula is C19H20FNO4. The minimum absolute atomic E-state index is 0.206. The topological polar surface area (TPSA) is 67.8 Å². The number of halogens is 1. The van der Waals surface area contributed by atoms with Gasteiger partial charge in [-0.3, -0.25) is 4.79 Å². The van der Waals surface area contributed by atoms with E-state index in [1.807, 2.05) is 0 Å². The van der Waals surface area contributed by atoms with Crippen LogP contribution < -0.4 is 10.1 Å². The maximum atomic E-state index is 13.2. The van der Waals surface area contributed by atoms with Crippen molar-refractivity contribution >= 4 is 5.91 Å². The van der Waals surface area contributed by atoms with Gasteiger partial charge < -0.3 is 19.9 Å². The Bertz CT molecular complexity index is 737. The number of carbonyl (C=O) groups excluding carboxylic acids is 1. The Kier molecular flexibility index (Phi) is 5.63. The van der Waals surface area contributed by atoms with E-state index >= 15 is 0 Å². The molecule has 0 saturated carbocycles. The van der Waals surface area contributed by atoms with E-state index in [-0.39, 0.29) is 18.3 Å². The van der Waals surface area contributed by atoms with Crippen LogP contribution in [0.4, 0.5) is 4.39 Å². The summed E-state index contributed by atoms with van der Waals surface area (Å²) >= 11 is 0. The fourth-order valence-corrected chi connectivity index (χ4v) is 2.64. The van der Waals surface area contributed by atoms with Crippen LogP contribution in [0.15, 0.2) is 48.5 Å². The van der Waals surface area contributed by atoms with E-state index in [0.717, 1.165) is 0 Å². The second-order valence-electron chi connectivity index (χ2n) is 5.96. The molecule has 1 saturated heterocycles. The third kappa shape index (κ3) is 4.78. The lowest BCUT2D eigenvalue weighted by Crippen LogP contribution is -2.49. The van der Waals surface area contributed by atoms with Gasteiger partial charge in [0.25, 0.3) is 5.91 Å². The molecular weight excluding hydrogens is 325 g/mol. The van der Waals surface area contributed by atoms with Crippen LogP contribution in [0.1, 0.15) is 22.3 Å². The van der Waals surface area contributed by atoms with Crippen LogP contribution in [-0.4, -0.2) is 36.4 Å². The van der Waals surface area contributed by atoms with Crippen molar-refractivity contribution in [3.63, 3.8) is 0 Å². The number of amides is 1. The highest BCUT2D eigenvalue weighted by Gasteiger charge is 2.25. The molecule has 1 amide bonds. The number of aliphatic hydroxyl groups excluding tert-OH is 1. The zero-order valence-corrected chi connectivity index (χ0v) is 13.7. The van der Waals surface area contributed by atoms with Crippen molar-refractivity contribution in [3.8, 4) is 5.75 Å². The van der Waals surface area contributed by atoms with Gasteiger partial charge in [0.2, 0.25) is 0 Å². The Hall–Kier alpha value is -2.44. The molecule has 1 aliphatic rings. The van der Waals surface area contributed by atoms with Crippen molar-refractivity contribution in [2.75, 3.05) is 13.2 Å². The Morgan fingerprint density at radius 1 is 1.28 bits per heavy atom. The Morgan fingerprint density at radius 2 is 2.12 bits per heavy atom. The molecule has 2 aromatic rings. The van der Waals surface area contributed by atoms with Crippen molar-refractivity contribution in [3.05, 3.63) is 65.5 Å². The maximum absolute atomic E-state index is 13.2. The van der Waals surface area contributed by atoms with E-state index in [2.05, 4.69) is 5.32 Å². The van der Waals surface area contributed by atoms with Gasteiger partial charge in [0.1, 0.15) is 18.2 Å². The molecule has 1 aliphatic heterocycles. The Balaban J connectivity index is 1.61. The molecule has 0 aromatic heterocycles. The van der Waals surface area contributed by atoms with Crippen LogP contribution in [0.25, 0.3) is 0 Å². The van der Waals surface area contributed by atoms with Crippen molar-refractivity contribution in [1.82, 2.24) is 5.32 Å². The van der Waals surface area contributed by atoms with Gasteiger partial charge in [-0.1, -0.05) is 18.2 Å². The van der Waals surface area contributed by atoms with E-state index in [1.54, 1.807) is 36.4 Å². The minimum Gasteiger partial charge on any atom is -0.489 e. The quantitative estimate of drug-likeness (QED) is 0.872. The number of aliphatic hydroxyl groups is 1. The number of rotatable bonds is 5. The van der Waals surface area contributed by atoms with Crippen LogP contribution >= 0.6 is 0 Å². The minimum atomic E-state index is -0.606. The van der Waals surface area contributed by atoms with E-state index in [0.29, 0.717) is 36.5 Å². The lowest BCUT2D eigenvalue weighted by Gasteiger charge is -2.28. The summed E-state index contributed by atoms with van der Waals surface area (Å²) in [6.07, 6.45) is -0.105. The SMILES string of the molecule is O=C(N[C@@H]1COCC[C@H]1O)c1cccc(OCc2cccc(F)c2)c1. The van der Waals surface area contributed by atoms with Gasteiger partial charge in [0, 0.05) is 12.2 Å². The molecule has 2 atom stereocenters. The zero-order valence-electron chi connectivity index (χ0n) is 13.7. The molecule has 0 spiro atoms. The van der Waals surface area contributed by atoms with E-state index in [4.69, 9.17) is 9.47 Å². The summed E-state index contributed by atoms with van der Waals surface area (Å²) in [6, 6.07) is 12.5. The fraction of sp³-hybridized carbons (Fsp3) is 0.316. The summed E-state index contributed by atoms with van der Waals surface area (Å²) < 4.78 is 24.1. The molecule has 1 heterocycles. The Morgan fingerprint density at radius 3 is 2.92 bits per heavy atom. The van der Waals surface area contributed by atoms with Gasteiger partial charge in [0.15, 0.2) is 0 Å². The summed E-state index contributed by atoms with van der Waals surface area (Å²) in [5, 5.41) is 12.7. The predicted molar refractivity (Wildman–Crippen MR) is 89.9 cm³/mol. The van der Waals surface area contributed by atoms with Gasteiger partial charge in [-0.15, -0.1) is 0 Å². The highest BCUT2D eigenvalue weighted by Crippen LogP contribution is 2.16. The second kappa shape index (κ2) is 8.09. The third-order valence-electron chi connectivity index (χ3n) is 4.03. The number of carbonyl (C=O) groups is 1. The molecule has 3 rings (SSSR count). The van der Waals surface area contributed by atoms with E-state index in [9.17, 15) is 14.3 Å². The molecule has 25 heavy (non-hydrogen) atoms. The predicted octanol–water partition coefficient (Wildman–Crippen LogP) is 2.28. The molecule has 0 bridgehead atoms. The average Bonchev–Trinajstić information content (AvgIpc) is 2.62. The fourth-order valence-electron chi connectivity index (χ4n) is 2.64. The molecule has 5 nitrogen and oxygen atoms in total. The number of nitrogens with one attached hydrogen (secondary N) is 1. The van der Waals surface area contributed by atoms with Crippen LogP contribution in [0.2, 0.25) is 0 Å². The smallest absolute Gasteiger partial charge is 0.251 e. The maximum Gasteiger partial charge on any atom is 0.251 e. The molecule has 132 valence electrons. The normalized spacial score (nSPS) is 20.1. The summed E-state index contributed by atoms with van der Waals surface area (Å²) in [5.41, 5.74) is 1.13. The van der Waals surface area contributed by atoms with Crippen molar-refractivity contribution < 1.29 is 23.8 Å². The highest BCUT2D eigenvalue weighted by atomic mass is 19.1. The molecule has 6 heteroatoms. The number of hydrogen-bond acceptors (Lipinski definition) is 4. The molecule has 2 aromatic carbocycles. The van der Waals surface area contributed by atoms with Crippen molar-refractivity contribution in [1.29, 1.82) is 0 Å². The monoisotopic (exact) mass is 345 g/mol. The van der Waals surface area contributed by atoms with Crippen LogP contribution in [0.5, 0.6) is 5.75 Å². The molecule has 1 fully saturated rings. The largest absolute Gasteiger partial charge is 0.489 e. The first-order valence-corrected chi connectivity index (χ1v) is 8.16. The third-order valence-corrected chi connectivity index (χ3v) is 4.03. The first kappa shape index (κ1) is 17.4. The van der Waals surface area contributed by atoms with E-state index < -0.39 is 12.1 Å². The van der Waals surface area contributed by atoms with Gasteiger partial charge in [-0.2, -0.15) is 0 Å². The van der Waals surface area contributed by atoms with Gasteiger partial charge in [-0.05, 0) is 42.3 Å². The second-order valence-corrected chi connectivity index (χ2v) is 5.96. The van der Waals surface area contributed by atoms with Crippen molar-refractivity contribution in [2.45, 2.75) is 25.2 Å². The van der Waals surface area contributed by atoms with Crippen molar-refractivity contribution in [2.24, 2.45) is 0 Å². The van der Waals surface area contributed by atoms with Gasteiger partial charge in [0.05, 0.1) is 18.8 Å². The Labute approximate surface area is 145 Å². The summed E-state index contributed by atoms with van der Waals surface area (Å²) in [7, 11) is 0. The number of benzene rings is 2. The lowest BCUT2D eigenvalue weighted by molar-refractivity contribution is -0.0140. The van der Waals surface area contributed by atoms with Crippen LogP contribution in [0.3, 0.4) is 0 Å². The van der Waals surface area contributed by atoms with Gasteiger partial charge in [-0.25, -0.2) is 4.39 Å². The van der Waals surface area contributed by atoms with Crippen LogP contribution in [0, 0.1) is 5.82 Å². The first-order valence-electron chi connectivity index (χ1n) is 8.16. The number of ether oxygens (including phenoxy) is 2. The molecule has 0 unspecified atom stereocenters. The summed E-state index contributed by atoms with van der Waals surface area (Å²) in [4.78, 5) is 12.3. The van der Waals surface area contributed by atoms with E-state index in [1.165, 1.54) is 12.1 Å². The number of hydrogen-bond donors (Lipinski definition) is 2. The first-order chi connectivity index (χ1) is 12.1. The summed E-state index contributed by atoms with van der Waals surface area (Å²) in [5.74, 6) is -0.106. The average molecular weight is 345 g/mol. The molecule has 0 aliphatic carbocycles.